The molecule has 0 N–H and O–H groups in total. The van der Waals surface area contributed by atoms with Gasteiger partial charge in [-0.2, -0.15) is 0 Å². The highest BCUT2D eigenvalue weighted by molar-refractivity contribution is 7.16. The lowest BCUT2D eigenvalue weighted by atomic mass is 10.2. The minimum atomic E-state index is -0.430. The van der Waals surface area contributed by atoms with Gasteiger partial charge in [-0.1, -0.05) is 11.6 Å². The van der Waals surface area contributed by atoms with E-state index in [1.807, 2.05) is 24.1 Å². The van der Waals surface area contributed by atoms with Gasteiger partial charge in [-0.15, -0.1) is 11.3 Å². The van der Waals surface area contributed by atoms with Crippen molar-refractivity contribution in [1.82, 2.24) is 9.80 Å². The zero-order chi connectivity index (χ0) is 18.6. The van der Waals surface area contributed by atoms with Crippen molar-refractivity contribution in [1.29, 1.82) is 0 Å². The average molecular weight is 385 g/mol. The summed E-state index contributed by atoms with van der Waals surface area (Å²) in [6.07, 6.45) is 0. The van der Waals surface area contributed by atoms with Crippen LogP contribution in [0.5, 0.6) is 0 Å². The van der Waals surface area contributed by atoms with Crippen LogP contribution in [0.2, 0.25) is 4.34 Å². The van der Waals surface area contributed by atoms with Crippen molar-refractivity contribution in [2.75, 3.05) is 27.7 Å². The number of thiophene rings is 1. The Morgan fingerprint density at radius 3 is 2.60 bits per heavy atom. The Kier molecular flexibility index (Phi) is 6.64. The maximum absolute atomic E-state index is 12.3. The molecular weight excluding hydrogens is 364 g/mol. The number of halogens is 1. The predicted octanol–water partition coefficient (Wildman–Crippen LogP) is 3.18. The van der Waals surface area contributed by atoms with Crippen LogP contribution in [0.4, 0.5) is 0 Å². The zero-order valence-corrected chi connectivity index (χ0v) is 16.2. The molecule has 25 heavy (non-hydrogen) atoms. The Hall–Kier alpha value is -1.83. The van der Waals surface area contributed by atoms with E-state index in [0.29, 0.717) is 34.5 Å². The Morgan fingerprint density at radius 1 is 1.28 bits per heavy atom. The van der Waals surface area contributed by atoms with E-state index in [1.54, 1.807) is 24.9 Å². The molecule has 0 aliphatic rings. The Balaban J connectivity index is 1.89. The summed E-state index contributed by atoms with van der Waals surface area (Å²) in [5.41, 5.74) is 0.406. The van der Waals surface area contributed by atoms with E-state index in [9.17, 15) is 9.59 Å². The summed E-state index contributed by atoms with van der Waals surface area (Å²) < 4.78 is 11.0. The molecule has 6 nitrogen and oxygen atoms in total. The Labute approximate surface area is 155 Å². The van der Waals surface area contributed by atoms with Gasteiger partial charge in [0.25, 0.3) is 0 Å². The smallest absolute Gasteiger partial charge is 0.341 e. The van der Waals surface area contributed by atoms with Gasteiger partial charge in [-0.3, -0.25) is 9.69 Å². The topological polar surface area (TPSA) is 63.0 Å². The second-order valence-electron chi connectivity index (χ2n) is 5.80. The number of carbonyl (C=O) groups excluding carboxylic acids is 2. The molecule has 0 aromatic carbocycles. The van der Waals surface area contributed by atoms with Crippen LogP contribution in [-0.4, -0.2) is 49.4 Å². The second kappa shape index (κ2) is 8.51. The average Bonchev–Trinajstić information content (AvgIpc) is 3.11. The van der Waals surface area contributed by atoms with Gasteiger partial charge in [-0.05, 0) is 32.2 Å². The van der Waals surface area contributed by atoms with Crippen molar-refractivity contribution < 1.29 is 18.7 Å². The normalized spacial score (nSPS) is 11.0. The first-order valence-electron chi connectivity index (χ1n) is 7.64. The summed E-state index contributed by atoms with van der Waals surface area (Å²) in [5.74, 6) is 0.679. The van der Waals surface area contributed by atoms with E-state index in [0.717, 1.165) is 4.88 Å². The van der Waals surface area contributed by atoms with Crippen LogP contribution >= 0.6 is 22.9 Å². The van der Waals surface area contributed by atoms with E-state index in [4.69, 9.17) is 20.8 Å². The van der Waals surface area contributed by atoms with Crippen LogP contribution in [0.3, 0.4) is 0 Å². The van der Waals surface area contributed by atoms with Crippen LogP contribution < -0.4 is 0 Å². The molecule has 2 aromatic rings. The Bertz CT molecular complexity index is 756. The number of methoxy groups -OCH3 is 1. The fraction of sp³-hybridized carbons (Fsp3) is 0.412. The minimum Gasteiger partial charge on any atom is -0.465 e. The molecule has 0 atom stereocenters. The van der Waals surface area contributed by atoms with E-state index in [1.165, 1.54) is 18.4 Å². The number of carbonyl (C=O) groups is 2. The van der Waals surface area contributed by atoms with Crippen molar-refractivity contribution >= 4 is 34.8 Å². The van der Waals surface area contributed by atoms with Crippen LogP contribution in [0.1, 0.15) is 26.8 Å². The number of furan rings is 1. The molecule has 8 heteroatoms. The fourth-order valence-electron chi connectivity index (χ4n) is 2.37. The lowest BCUT2D eigenvalue weighted by Gasteiger charge is -2.20. The van der Waals surface area contributed by atoms with Gasteiger partial charge in [0.05, 0.1) is 31.1 Å². The van der Waals surface area contributed by atoms with Gasteiger partial charge in [-0.25, -0.2) is 4.79 Å². The first-order chi connectivity index (χ1) is 11.8. The maximum atomic E-state index is 12.3. The zero-order valence-electron chi connectivity index (χ0n) is 14.7. The van der Waals surface area contributed by atoms with E-state index < -0.39 is 5.97 Å². The first-order valence-corrected chi connectivity index (χ1v) is 8.84. The number of ether oxygens (including phenoxy) is 1. The van der Waals surface area contributed by atoms with Crippen molar-refractivity contribution in [3.05, 3.63) is 44.5 Å². The lowest BCUT2D eigenvalue weighted by molar-refractivity contribution is -0.131. The molecule has 0 aliphatic carbocycles. The SMILES string of the molecule is COC(=O)c1cc(CN(C)CC(=O)N(C)Cc2ccc(Cl)s2)oc1C. The van der Waals surface area contributed by atoms with Crippen molar-refractivity contribution in [2.45, 2.75) is 20.0 Å². The number of rotatable bonds is 7. The number of esters is 1. The van der Waals surface area contributed by atoms with Crippen molar-refractivity contribution in [3.8, 4) is 0 Å². The molecule has 0 spiro atoms. The van der Waals surface area contributed by atoms with Crippen LogP contribution in [0.25, 0.3) is 0 Å². The molecule has 0 radical (unpaired) electrons. The van der Waals surface area contributed by atoms with Crippen molar-refractivity contribution in [2.24, 2.45) is 0 Å². The predicted molar refractivity (Wildman–Crippen MR) is 96.9 cm³/mol. The molecule has 1 amide bonds. The molecule has 0 bridgehead atoms. The quantitative estimate of drug-likeness (QED) is 0.686. The van der Waals surface area contributed by atoms with Gasteiger partial charge in [0.15, 0.2) is 0 Å². The number of amides is 1. The lowest BCUT2D eigenvalue weighted by Crippen LogP contribution is -2.35. The molecule has 0 aliphatic heterocycles. The second-order valence-corrected chi connectivity index (χ2v) is 7.60. The Morgan fingerprint density at radius 2 is 2.00 bits per heavy atom. The van der Waals surface area contributed by atoms with E-state index in [2.05, 4.69) is 0 Å². The third-order valence-electron chi connectivity index (χ3n) is 3.65. The van der Waals surface area contributed by atoms with Gasteiger partial charge >= 0.3 is 5.97 Å². The maximum Gasteiger partial charge on any atom is 0.341 e. The molecule has 0 fully saturated rings. The van der Waals surface area contributed by atoms with E-state index >= 15 is 0 Å². The molecule has 0 unspecified atom stereocenters. The minimum absolute atomic E-state index is 0.0107. The van der Waals surface area contributed by atoms with Gasteiger partial charge in [0.1, 0.15) is 17.1 Å². The van der Waals surface area contributed by atoms with Gasteiger partial charge < -0.3 is 14.1 Å². The van der Waals surface area contributed by atoms with Crippen LogP contribution in [-0.2, 0) is 22.6 Å². The standard InChI is InChI=1S/C17H21ClN2O4S/c1-11-14(17(22)23-4)7-12(24-11)8-19(2)10-16(21)20(3)9-13-5-6-15(18)25-13/h5-7H,8-10H2,1-4H3. The van der Waals surface area contributed by atoms with Crippen LogP contribution in [0.15, 0.2) is 22.6 Å². The largest absolute Gasteiger partial charge is 0.465 e. The number of hydrogen-bond donors (Lipinski definition) is 0. The molecule has 0 saturated heterocycles. The van der Waals surface area contributed by atoms with Crippen LogP contribution in [0, 0.1) is 6.92 Å². The third kappa shape index (κ3) is 5.32. The summed E-state index contributed by atoms with van der Waals surface area (Å²) in [6, 6.07) is 5.39. The summed E-state index contributed by atoms with van der Waals surface area (Å²) in [7, 11) is 4.91. The summed E-state index contributed by atoms with van der Waals surface area (Å²) in [4.78, 5) is 28.5. The molecular formula is C17H21ClN2O4S. The molecule has 136 valence electrons. The van der Waals surface area contributed by atoms with Crippen molar-refractivity contribution in [3.63, 3.8) is 0 Å². The molecule has 0 saturated carbocycles. The molecule has 2 heterocycles. The molecule has 2 aromatic heterocycles. The summed E-state index contributed by atoms with van der Waals surface area (Å²) >= 11 is 7.37. The number of nitrogens with zero attached hydrogens (tertiary/aromatic N) is 2. The monoisotopic (exact) mass is 384 g/mol. The highest BCUT2D eigenvalue weighted by Gasteiger charge is 2.18. The number of aryl methyl sites for hydroxylation is 1. The molecule has 2 rings (SSSR count). The fourth-order valence-corrected chi connectivity index (χ4v) is 3.51. The summed E-state index contributed by atoms with van der Waals surface area (Å²) in [6.45, 7) is 2.89. The number of hydrogen-bond acceptors (Lipinski definition) is 6. The summed E-state index contributed by atoms with van der Waals surface area (Å²) in [5, 5.41) is 0. The van der Waals surface area contributed by atoms with Gasteiger partial charge in [0.2, 0.25) is 5.91 Å². The third-order valence-corrected chi connectivity index (χ3v) is 4.87. The first kappa shape index (κ1) is 19.5. The van der Waals surface area contributed by atoms with Gasteiger partial charge in [0, 0.05) is 11.9 Å². The highest BCUT2D eigenvalue weighted by atomic mass is 35.5. The van der Waals surface area contributed by atoms with E-state index in [-0.39, 0.29) is 12.5 Å². The highest BCUT2D eigenvalue weighted by Crippen LogP contribution is 2.22. The number of likely N-dealkylation sites (N-methyl/N-ethyl adjacent to an activating group) is 2.